The molecule has 168 valence electrons. The maximum Gasteiger partial charge on any atom is 0.146 e. The second kappa shape index (κ2) is 9.21. The first-order chi connectivity index (χ1) is 16.3. The van der Waals surface area contributed by atoms with Gasteiger partial charge in [-0.25, -0.2) is 9.97 Å². The number of morpholine rings is 1. The summed E-state index contributed by atoms with van der Waals surface area (Å²) in [6.07, 6.45) is 2.52. The van der Waals surface area contributed by atoms with Gasteiger partial charge in [-0.1, -0.05) is 60.7 Å². The number of ether oxygens (including phenoxy) is 1. The van der Waals surface area contributed by atoms with E-state index < -0.39 is 0 Å². The van der Waals surface area contributed by atoms with Crippen LogP contribution in [0.15, 0.2) is 66.0 Å². The number of rotatable bonds is 7. The van der Waals surface area contributed by atoms with Crippen molar-refractivity contribution in [1.82, 2.24) is 14.9 Å². The number of fused-ring (bicyclic) bond motifs is 1. The van der Waals surface area contributed by atoms with Crippen molar-refractivity contribution in [2.75, 3.05) is 31.6 Å². The largest absolute Gasteiger partial charge is 0.379 e. The van der Waals surface area contributed by atoms with Crippen molar-refractivity contribution in [3.05, 3.63) is 77.4 Å². The fourth-order valence-corrected chi connectivity index (χ4v) is 5.63. The molecule has 3 heterocycles. The maximum absolute atomic E-state index is 5.53. The fourth-order valence-electron chi connectivity index (χ4n) is 4.66. The number of hydrogen-bond donors (Lipinski definition) is 1. The van der Waals surface area contributed by atoms with Gasteiger partial charge in [0.05, 0.1) is 31.2 Å². The number of thiophene rings is 1. The van der Waals surface area contributed by atoms with E-state index in [-0.39, 0.29) is 6.04 Å². The molecule has 1 saturated carbocycles. The van der Waals surface area contributed by atoms with Gasteiger partial charge >= 0.3 is 0 Å². The summed E-state index contributed by atoms with van der Waals surface area (Å²) in [6.45, 7) is 4.17. The minimum atomic E-state index is 0.268. The Balaban J connectivity index is 1.43. The van der Waals surface area contributed by atoms with Crippen molar-refractivity contribution in [2.45, 2.75) is 25.4 Å². The highest BCUT2D eigenvalue weighted by Crippen LogP contribution is 2.45. The summed E-state index contributed by atoms with van der Waals surface area (Å²) in [4.78, 5) is 13.6. The van der Waals surface area contributed by atoms with Gasteiger partial charge in [-0.15, -0.1) is 11.3 Å². The normalized spacial score (nSPS) is 17.8. The third-order valence-corrected chi connectivity index (χ3v) is 7.45. The molecule has 1 aliphatic heterocycles. The Morgan fingerprint density at radius 3 is 2.42 bits per heavy atom. The Labute approximate surface area is 198 Å². The average molecular weight is 457 g/mol. The molecule has 6 rings (SSSR count). The van der Waals surface area contributed by atoms with Gasteiger partial charge in [0.2, 0.25) is 0 Å². The number of anilines is 1. The van der Waals surface area contributed by atoms with Crippen LogP contribution in [-0.2, 0) is 11.3 Å². The predicted molar refractivity (Wildman–Crippen MR) is 134 cm³/mol. The standard InChI is InChI=1S/C27H28N4OS/c1-3-7-19(8-4-1)22-18-33-27-24(22)26(28-23(29-27)17-31-13-15-32-16-14-31)30-25(21-11-12-21)20-9-5-2-6-10-20/h1-10,18,21,25H,11-17H2,(H,28,29,30). The molecule has 1 saturated heterocycles. The predicted octanol–water partition coefficient (Wildman–Crippen LogP) is 5.75. The first kappa shape index (κ1) is 20.8. The number of nitrogens with zero attached hydrogens (tertiary/aromatic N) is 3. The lowest BCUT2D eigenvalue weighted by Crippen LogP contribution is -2.36. The van der Waals surface area contributed by atoms with E-state index in [9.17, 15) is 0 Å². The molecule has 5 nitrogen and oxygen atoms in total. The summed E-state index contributed by atoms with van der Waals surface area (Å²) in [5.74, 6) is 2.50. The quantitative estimate of drug-likeness (QED) is 0.383. The van der Waals surface area contributed by atoms with Gasteiger partial charge in [0.1, 0.15) is 16.5 Å². The van der Waals surface area contributed by atoms with Crippen molar-refractivity contribution < 1.29 is 4.74 Å². The zero-order chi connectivity index (χ0) is 22.0. The molecule has 33 heavy (non-hydrogen) atoms. The third-order valence-electron chi connectivity index (χ3n) is 6.58. The van der Waals surface area contributed by atoms with Crippen molar-refractivity contribution >= 4 is 27.4 Å². The van der Waals surface area contributed by atoms with Crippen LogP contribution in [0.5, 0.6) is 0 Å². The van der Waals surface area contributed by atoms with E-state index in [1.54, 1.807) is 11.3 Å². The summed E-state index contributed by atoms with van der Waals surface area (Å²) < 4.78 is 5.53. The Morgan fingerprint density at radius 2 is 1.70 bits per heavy atom. The second-order valence-electron chi connectivity index (χ2n) is 8.94. The van der Waals surface area contributed by atoms with Crippen LogP contribution in [-0.4, -0.2) is 41.2 Å². The van der Waals surface area contributed by atoms with Crippen LogP contribution < -0.4 is 5.32 Å². The molecule has 1 aliphatic carbocycles. The molecule has 2 aromatic carbocycles. The van der Waals surface area contributed by atoms with E-state index in [1.165, 1.54) is 29.5 Å². The van der Waals surface area contributed by atoms with Crippen molar-refractivity contribution in [3.8, 4) is 11.1 Å². The monoisotopic (exact) mass is 456 g/mol. The highest BCUT2D eigenvalue weighted by molar-refractivity contribution is 7.17. The van der Waals surface area contributed by atoms with Gasteiger partial charge in [-0.05, 0) is 29.9 Å². The van der Waals surface area contributed by atoms with Crippen LogP contribution in [0.1, 0.15) is 30.3 Å². The van der Waals surface area contributed by atoms with Gasteiger partial charge in [0.15, 0.2) is 0 Å². The van der Waals surface area contributed by atoms with Crippen LogP contribution >= 0.6 is 11.3 Å². The topological polar surface area (TPSA) is 50.3 Å². The highest BCUT2D eigenvalue weighted by atomic mass is 32.1. The molecule has 4 aromatic rings. The average Bonchev–Trinajstić information content (AvgIpc) is 3.62. The lowest BCUT2D eigenvalue weighted by Gasteiger charge is -2.26. The Bertz CT molecular complexity index is 1220. The Morgan fingerprint density at radius 1 is 0.970 bits per heavy atom. The molecule has 0 spiro atoms. The molecule has 1 atom stereocenters. The number of aromatic nitrogens is 2. The lowest BCUT2D eigenvalue weighted by atomic mass is 10.0. The molecule has 2 fully saturated rings. The molecule has 0 radical (unpaired) electrons. The molecular formula is C27H28N4OS. The molecule has 0 bridgehead atoms. The van der Waals surface area contributed by atoms with Gasteiger partial charge in [-0.3, -0.25) is 4.90 Å². The van der Waals surface area contributed by atoms with Gasteiger partial charge in [0, 0.05) is 24.0 Å². The Hall–Kier alpha value is -2.80. The number of nitrogens with one attached hydrogen (secondary N) is 1. The molecule has 2 aliphatic rings. The van der Waals surface area contributed by atoms with E-state index >= 15 is 0 Å². The fraction of sp³-hybridized carbons (Fsp3) is 0.333. The lowest BCUT2D eigenvalue weighted by molar-refractivity contribution is 0.0331. The third kappa shape index (κ3) is 4.51. The van der Waals surface area contributed by atoms with Crippen LogP contribution in [0.4, 0.5) is 5.82 Å². The summed E-state index contributed by atoms with van der Waals surface area (Å²) >= 11 is 1.71. The SMILES string of the molecule is c1ccc(-c2csc3nc(CN4CCOCC4)nc(NC(c4ccccc4)C4CC4)c23)cc1. The summed E-state index contributed by atoms with van der Waals surface area (Å²) in [6, 6.07) is 21.7. The Kier molecular flexibility index (Phi) is 5.80. The molecule has 2 aromatic heterocycles. The van der Waals surface area contributed by atoms with Crippen molar-refractivity contribution in [1.29, 1.82) is 0 Å². The van der Waals surface area contributed by atoms with Crippen LogP contribution in [0, 0.1) is 5.92 Å². The molecular weight excluding hydrogens is 428 g/mol. The molecule has 1 N–H and O–H groups in total. The van der Waals surface area contributed by atoms with Crippen LogP contribution in [0.25, 0.3) is 21.3 Å². The second-order valence-corrected chi connectivity index (χ2v) is 9.80. The van der Waals surface area contributed by atoms with E-state index in [1.807, 2.05) is 0 Å². The smallest absolute Gasteiger partial charge is 0.146 e. The highest BCUT2D eigenvalue weighted by Gasteiger charge is 2.33. The summed E-state index contributed by atoms with van der Waals surface area (Å²) in [5, 5.41) is 7.25. The molecule has 1 unspecified atom stereocenters. The van der Waals surface area contributed by atoms with Crippen LogP contribution in [0.3, 0.4) is 0 Å². The van der Waals surface area contributed by atoms with Crippen molar-refractivity contribution in [3.63, 3.8) is 0 Å². The minimum Gasteiger partial charge on any atom is -0.379 e. The van der Waals surface area contributed by atoms with Crippen molar-refractivity contribution in [2.24, 2.45) is 5.92 Å². The zero-order valence-corrected chi connectivity index (χ0v) is 19.4. The van der Waals surface area contributed by atoms with E-state index in [2.05, 4.69) is 76.3 Å². The zero-order valence-electron chi connectivity index (χ0n) is 18.6. The van der Waals surface area contributed by atoms with Crippen LogP contribution in [0.2, 0.25) is 0 Å². The number of benzene rings is 2. The minimum absolute atomic E-state index is 0.268. The van der Waals surface area contributed by atoms with Gasteiger partial charge in [-0.2, -0.15) is 0 Å². The first-order valence-electron chi connectivity index (χ1n) is 11.8. The summed E-state index contributed by atoms with van der Waals surface area (Å²) in [5.41, 5.74) is 3.75. The van der Waals surface area contributed by atoms with E-state index in [0.717, 1.165) is 54.7 Å². The van der Waals surface area contributed by atoms with E-state index in [4.69, 9.17) is 14.7 Å². The molecule has 0 amide bonds. The maximum atomic E-state index is 5.53. The van der Waals surface area contributed by atoms with Gasteiger partial charge < -0.3 is 10.1 Å². The first-order valence-corrected chi connectivity index (χ1v) is 12.7. The number of hydrogen-bond acceptors (Lipinski definition) is 6. The van der Waals surface area contributed by atoms with E-state index in [0.29, 0.717) is 5.92 Å². The molecule has 6 heteroatoms. The van der Waals surface area contributed by atoms with Gasteiger partial charge in [0.25, 0.3) is 0 Å². The summed E-state index contributed by atoms with van der Waals surface area (Å²) in [7, 11) is 0.